The smallest absolute Gasteiger partial charge is 0.214 e. The van der Waals surface area contributed by atoms with Crippen LogP contribution in [0.4, 0.5) is 4.39 Å². The van der Waals surface area contributed by atoms with Crippen LogP contribution in [0, 0.1) is 0 Å². The maximum absolute atomic E-state index is 12.3. The van der Waals surface area contributed by atoms with Gasteiger partial charge in [0.1, 0.15) is 17.9 Å². The highest BCUT2D eigenvalue weighted by molar-refractivity contribution is 9.10. The monoisotopic (exact) mass is 295 g/mol. The molecule has 0 aliphatic carbocycles. The Morgan fingerprint density at radius 2 is 1.76 bits per heavy atom. The van der Waals surface area contributed by atoms with Crippen LogP contribution in [0.5, 0.6) is 5.88 Å². The number of hydrogen-bond donors (Lipinski definition) is 0. The van der Waals surface area contributed by atoms with Gasteiger partial charge in [-0.15, -0.1) is 0 Å². The zero-order chi connectivity index (χ0) is 12.1. The molecule has 0 bridgehead atoms. The van der Waals surface area contributed by atoms with Gasteiger partial charge in [0.15, 0.2) is 0 Å². The van der Waals surface area contributed by atoms with Gasteiger partial charge in [0.25, 0.3) is 0 Å². The van der Waals surface area contributed by atoms with Crippen LogP contribution in [0.1, 0.15) is 11.1 Å². The molecule has 2 nitrogen and oxygen atoms in total. The first-order valence-electron chi connectivity index (χ1n) is 5.17. The van der Waals surface area contributed by atoms with E-state index in [1.54, 1.807) is 18.2 Å². The minimum Gasteiger partial charge on any atom is -0.473 e. The van der Waals surface area contributed by atoms with Crippen LogP contribution >= 0.6 is 15.9 Å². The van der Waals surface area contributed by atoms with Crippen molar-refractivity contribution in [1.82, 2.24) is 4.98 Å². The largest absolute Gasteiger partial charge is 0.473 e. The summed E-state index contributed by atoms with van der Waals surface area (Å²) in [5, 5.41) is 0. The van der Waals surface area contributed by atoms with Crippen molar-refractivity contribution >= 4 is 15.9 Å². The molecule has 1 aromatic heterocycles. The number of benzene rings is 1. The molecule has 0 atom stereocenters. The van der Waals surface area contributed by atoms with Crippen LogP contribution < -0.4 is 4.74 Å². The molecule has 1 aromatic carbocycles. The van der Waals surface area contributed by atoms with Gasteiger partial charge in [-0.1, -0.05) is 30.3 Å². The van der Waals surface area contributed by atoms with E-state index >= 15 is 0 Å². The third kappa shape index (κ3) is 3.53. The van der Waals surface area contributed by atoms with Crippen molar-refractivity contribution in [2.24, 2.45) is 0 Å². The van der Waals surface area contributed by atoms with Gasteiger partial charge in [-0.05, 0) is 33.1 Å². The van der Waals surface area contributed by atoms with E-state index in [0.717, 1.165) is 10.2 Å². The Balaban J connectivity index is 1.97. The summed E-state index contributed by atoms with van der Waals surface area (Å²) in [7, 11) is 0. The van der Waals surface area contributed by atoms with Gasteiger partial charge in [0.2, 0.25) is 5.88 Å². The van der Waals surface area contributed by atoms with E-state index in [0.29, 0.717) is 18.1 Å². The normalized spacial score (nSPS) is 10.2. The Hall–Kier alpha value is -1.42. The fourth-order valence-electron chi connectivity index (χ4n) is 1.35. The van der Waals surface area contributed by atoms with Gasteiger partial charge in [-0.25, -0.2) is 9.37 Å². The summed E-state index contributed by atoms with van der Waals surface area (Å²) in [5.41, 5.74) is 1.67. The van der Waals surface area contributed by atoms with Gasteiger partial charge in [-0.3, -0.25) is 0 Å². The Morgan fingerprint density at radius 1 is 1.06 bits per heavy atom. The number of nitrogens with zero attached hydrogens (tertiary/aromatic N) is 1. The quantitative estimate of drug-likeness (QED) is 0.798. The van der Waals surface area contributed by atoms with E-state index in [1.807, 2.05) is 24.3 Å². The minimum absolute atomic E-state index is 0.427. The molecular weight excluding hydrogens is 285 g/mol. The number of halogens is 2. The van der Waals surface area contributed by atoms with Crippen molar-refractivity contribution < 1.29 is 9.13 Å². The molecule has 88 valence electrons. The van der Waals surface area contributed by atoms with Crippen molar-refractivity contribution in [2.75, 3.05) is 0 Å². The first kappa shape index (κ1) is 12.0. The molecule has 1 heterocycles. The minimum atomic E-state index is -0.436. The third-order valence-corrected chi connectivity index (χ3v) is 2.70. The Morgan fingerprint density at radius 3 is 2.41 bits per heavy atom. The number of ether oxygens (including phenoxy) is 1. The van der Waals surface area contributed by atoms with Gasteiger partial charge >= 0.3 is 0 Å². The summed E-state index contributed by atoms with van der Waals surface area (Å²) in [6.07, 6.45) is 0. The highest BCUT2D eigenvalue weighted by Gasteiger charge is 1.98. The van der Waals surface area contributed by atoms with Gasteiger partial charge in [-0.2, -0.15) is 0 Å². The van der Waals surface area contributed by atoms with Crippen molar-refractivity contribution in [3.63, 3.8) is 0 Å². The zero-order valence-corrected chi connectivity index (χ0v) is 10.7. The lowest BCUT2D eigenvalue weighted by Gasteiger charge is -2.05. The first-order chi connectivity index (χ1) is 8.28. The van der Waals surface area contributed by atoms with E-state index in [2.05, 4.69) is 20.9 Å². The topological polar surface area (TPSA) is 22.1 Å². The molecule has 0 saturated carbocycles. The number of aromatic nitrogens is 1. The van der Waals surface area contributed by atoms with Crippen LogP contribution in [-0.4, -0.2) is 4.98 Å². The Kier molecular flexibility index (Phi) is 4.09. The van der Waals surface area contributed by atoms with E-state index in [-0.39, 0.29) is 0 Å². The second kappa shape index (κ2) is 5.77. The molecule has 2 rings (SSSR count). The number of alkyl halides is 1. The summed E-state index contributed by atoms with van der Waals surface area (Å²) in [4.78, 5) is 4.16. The summed E-state index contributed by atoms with van der Waals surface area (Å²) < 4.78 is 18.6. The molecule has 0 spiro atoms. The zero-order valence-electron chi connectivity index (χ0n) is 9.07. The van der Waals surface area contributed by atoms with E-state index < -0.39 is 6.67 Å². The third-order valence-electron chi connectivity index (χ3n) is 2.25. The average molecular weight is 296 g/mol. The van der Waals surface area contributed by atoms with Gasteiger partial charge < -0.3 is 4.74 Å². The first-order valence-corrected chi connectivity index (χ1v) is 5.96. The lowest BCUT2D eigenvalue weighted by Crippen LogP contribution is -1.97. The molecule has 0 amide bonds. The van der Waals surface area contributed by atoms with Crippen LogP contribution in [0.2, 0.25) is 0 Å². The molecule has 2 aromatic rings. The lowest BCUT2D eigenvalue weighted by atomic mass is 10.2. The van der Waals surface area contributed by atoms with Gasteiger partial charge in [0, 0.05) is 6.07 Å². The van der Waals surface area contributed by atoms with Crippen molar-refractivity contribution in [3.8, 4) is 5.88 Å². The molecule has 0 saturated heterocycles. The molecule has 0 aliphatic heterocycles. The summed E-state index contributed by atoms with van der Waals surface area (Å²) in [5.74, 6) is 0.564. The molecule has 0 aliphatic rings. The molecule has 0 radical (unpaired) electrons. The van der Waals surface area contributed by atoms with Crippen molar-refractivity contribution in [3.05, 3.63) is 58.2 Å². The van der Waals surface area contributed by atoms with E-state index in [9.17, 15) is 4.39 Å². The maximum Gasteiger partial charge on any atom is 0.214 e. The molecule has 0 N–H and O–H groups in total. The highest BCUT2D eigenvalue weighted by Crippen LogP contribution is 2.14. The van der Waals surface area contributed by atoms with Crippen LogP contribution in [-0.2, 0) is 13.3 Å². The van der Waals surface area contributed by atoms with Gasteiger partial charge in [0.05, 0.1) is 0 Å². The van der Waals surface area contributed by atoms with Crippen molar-refractivity contribution in [2.45, 2.75) is 13.3 Å². The van der Waals surface area contributed by atoms with Crippen LogP contribution in [0.15, 0.2) is 47.1 Å². The van der Waals surface area contributed by atoms with Crippen LogP contribution in [0.25, 0.3) is 0 Å². The second-order valence-corrected chi connectivity index (χ2v) is 4.35. The predicted molar refractivity (Wildman–Crippen MR) is 67.5 cm³/mol. The number of pyridine rings is 1. The average Bonchev–Trinajstić information content (AvgIpc) is 2.37. The Bertz CT molecular complexity index is 487. The second-order valence-electron chi connectivity index (χ2n) is 3.54. The number of rotatable bonds is 4. The molecular formula is C13H11BrFNO. The molecule has 0 unspecified atom stereocenters. The summed E-state index contributed by atoms with van der Waals surface area (Å²) >= 11 is 3.27. The lowest BCUT2D eigenvalue weighted by molar-refractivity contribution is 0.293. The molecule has 4 heteroatoms. The Labute approximate surface area is 108 Å². The number of hydrogen-bond acceptors (Lipinski definition) is 2. The predicted octanol–water partition coefficient (Wildman–Crippen LogP) is 3.89. The van der Waals surface area contributed by atoms with Crippen LogP contribution in [0.3, 0.4) is 0 Å². The summed E-state index contributed by atoms with van der Waals surface area (Å²) in [6.45, 7) is -0.00958. The summed E-state index contributed by atoms with van der Waals surface area (Å²) in [6, 6.07) is 12.7. The highest BCUT2D eigenvalue weighted by atomic mass is 79.9. The van der Waals surface area contributed by atoms with E-state index in [1.165, 1.54) is 0 Å². The maximum atomic E-state index is 12.3. The standard InChI is InChI=1S/C13H11BrFNO/c14-12-2-1-3-13(16-12)17-9-11-6-4-10(8-15)5-7-11/h1-7H,8-9H2. The SMILES string of the molecule is FCc1ccc(COc2cccc(Br)n2)cc1. The molecule has 0 fully saturated rings. The fraction of sp³-hybridized carbons (Fsp3) is 0.154. The van der Waals surface area contributed by atoms with Crippen molar-refractivity contribution in [1.29, 1.82) is 0 Å². The molecule has 17 heavy (non-hydrogen) atoms. The fourth-order valence-corrected chi connectivity index (χ4v) is 1.68. The van der Waals surface area contributed by atoms with E-state index in [4.69, 9.17) is 4.74 Å².